The third-order valence-corrected chi connectivity index (χ3v) is 11.9. The van der Waals surface area contributed by atoms with Gasteiger partial charge < -0.3 is 0 Å². The Balaban J connectivity index is 1.05. The van der Waals surface area contributed by atoms with Crippen molar-refractivity contribution in [3.63, 3.8) is 0 Å². The molecule has 0 atom stereocenters. The topological polar surface area (TPSA) is 38.7 Å². The molecule has 1 fully saturated rings. The molecular weight excluding hydrogens is 619 g/mol. The molecule has 3 heteroatoms. The molecule has 0 saturated heterocycles. The monoisotopic (exact) mass is 657 g/mol. The van der Waals surface area contributed by atoms with E-state index in [1.807, 2.05) is 60.7 Å². The lowest BCUT2D eigenvalue weighted by atomic mass is 9.67. The van der Waals surface area contributed by atoms with E-state index in [4.69, 9.17) is 15.0 Å². The van der Waals surface area contributed by atoms with Crippen LogP contribution in [0.15, 0.2) is 140 Å². The summed E-state index contributed by atoms with van der Waals surface area (Å²) in [6.45, 7) is 4.80. The highest BCUT2D eigenvalue weighted by atomic mass is 15.0. The molecule has 0 amide bonds. The van der Waals surface area contributed by atoms with Gasteiger partial charge in [0.1, 0.15) is 0 Å². The summed E-state index contributed by atoms with van der Waals surface area (Å²) in [5, 5.41) is 0. The molecule has 1 spiro atoms. The van der Waals surface area contributed by atoms with Crippen LogP contribution in [0.5, 0.6) is 0 Å². The molecule has 1 heterocycles. The van der Waals surface area contributed by atoms with Crippen molar-refractivity contribution in [3.8, 4) is 67.5 Å². The zero-order valence-electron chi connectivity index (χ0n) is 29.2. The van der Waals surface area contributed by atoms with Gasteiger partial charge in [-0.25, -0.2) is 15.0 Å². The number of hydrogen-bond acceptors (Lipinski definition) is 3. The summed E-state index contributed by atoms with van der Waals surface area (Å²) >= 11 is 0. The molecule has 3 nitrogen and oxygen atoms in total. The number of hydrogen-bond donors (Lipinski definition) is 0. The molecule has 3 aliphatic rings. The van der Waals surface area contributed by atoms with Crippen molar-refractivity contribution >= 4 is 0 Å². The van der Waals surface area contributed by atoms with Gasteiger partial charge in [-0.15, -0.1) is 0 Å². The van der Waals surface area contributed by atoms with Crippen LogP contribution < -0.4 is 0 Å². The minimum Gasteiger partial charge on any atom is -0.208 e. The molecule has 0 unspecified atom stereocenters. The fraction of sp³-hybridized carbons (Fsp3) is 0.188. The average molecular weight is 658 g/mol. The zero-order chi connectivity index (χ0) is 34.2. The molecule has 1 saturated carbocycles. The van der Waals surface area contributed by atoms with Gasteiger partial charge in [-0.1, -0.05) is 154 Å². The van der Waals surface area contributed by atoms with E-state index in [2.05, 4.69) is 92.7 Å². The van der Waals surface area contributed by atoms with Crippen molar-refractivity contribution in [2.75, 3.05) is 0 Å². The van der Waals surface area contributed by atoms with E-state index in [0.29, 0.717) is 17.5 Å². The van der Waals surface area contributed by atoms with Crippen LogP contribution in [0, 0.1) is 0 Å². The molecule has 246 valence electrons. The maximum Gasteiger partial charge on any atom is 0.164 e. The van der Waals surface area contributed by atoms with Gasteiger partial charge in [0.25, 0.3) is 0 Å². The van der Waals surface area contributed by atoms with Gasteiger partial charge in [0, 0.05) is 27.5 Å². The first-order valence-corrected chi connectivity index (χ1v) is 18.4. The molecule has 0 bridgehead atoms. The molecule has 7 aromatic rings. The Kier molecular flexibility index (Phi) is 6.76. The molecule has 10 rings (SSSR count). The highest BCUT2D eigenvalue weighted by Crippen LogP contribution is 2.59. The van der Waals surface area contributed by atoms with Crippen LogP contribution in [-0.4, -0.2) is 15.0 Å². The second-order valence-electron chi connectivity index (χ2n) is 15.1. The van der Waals surface area contributed by atoms with Crippen molar-refractivity contribution in [1.29, 1.82) is 0 Å². The lowest BCUT2D eigenvalue weighted by Crippen LogP contribution is -2.28. The summed E-state index contributed by atoms with van der Waals surface area (Å²) in [6, 6.07) is 50.5. The SMILES string of the molecule is CC1(C)c2ccc(-c3ccc(-c4nc(-c5ccccc5)nc(-c5ccccc5)n4)cc3)cc2-c2cc3c(cc21)-c1ccccc1C31CCCCC1. The fourth-order valence-corrected chi connectivity index (χ4v) is 9.32. The predicted molar refractivity (Wildman–Crippen MR) is 208 cm³/mol. The molecule has 6 aromatic carbocycles. The molecule has 51 heavy (non-hydrogen) atoms. The molecule has 1 aromatic heterocycles. The van der Waals surface area contributed by atoms with Gasteiger partial charge in [0.05, 0.1) is 0 Å². The summed E-state index contributed by atoms with van der Waals surface area (Å²) in [5.41, 5.74) is 17.1. The van der Waals surface area contributed by atoms with Crippen LogP contribution in [0.3, 0.4) is 0 Å². The van der Waals surface area contributed by atoms with E-state index >= 15 is 0 Å². The first kappa shape index (κ1) is 30.2. The normalized spacial score (nSPS) is 16.0. The maximum absolute atomic E-state index is 4.95. The number of nitrogens with zero attached hydrogens (tertiary/aromatic N) is 3. The second-order valence-corrected chi connectivity index (χ2v) is 15.1. The van der Waals surface area contributed by atoms with Gasteiger partial charge in [0.15, 0.2) is 17.5 Å². The van der Waals surface area contributed by atoms with Gasteiger partial charge in [-0.2, -0.15) is 0 Å². The van der Waals surface area contributed by atoms with Crippen LogP contribution >= 0.6 is 0 Å². The Morgan fingerprint density at radius 1 is 0.373 bits per heavy atom. The summed E-state index contributed by atoms with van der Waals surface area (Å²) in [7, 11) is 0. The summed E-state index contributed by atoms with van der Waals surface area (Å²) < 4.78 is 0. The number of benzene rings is 6. The van der Waals surface area contributed by atoms with Gasteiger partial charge >= 0.3 is 0 Å². The highest BCUT2D eigenvalue weighted by molar-refractivity contribution is 5.91. The molecule has 0 radical (unpaired) electrons. The number of rotatable bonds is 4. The van der Waals surface area contributed by atoms with Crippen LogP contribution in [0.25, 0.3) is 67.5 Å². The van der Waals surface area contributed by atoms with E-state index < -0.39 is 0 Å². The second kappa shape index (κ2) is 11.4. The van der Waals surface area contributed by atoms with E-state index in [1.165, 1.54) is 76.6 Å². The van der Waals surface area contributed by atoms with Gasteiger partial charge in [-0.05, 0) is 86.7 Å². The van der Waals surface area contributed by atoms with E-state index in [0.717, 1.165) is 16.7 Å². The van der Waals surface area contributed by atoms with Crippen molar-refractivity contribution in [1.82, 2.24) is 15.0 Å². The summed E-state index contributed by atoms with van der Waals surface area (Å²) in [6.07, 6.45) is 6.45. The van der Waals surface area contributed by atoms with Gasteiger partial charge in [-0.3, -0.25) is 0 Å². The van der Waals surface area contributed by atoms with E-state index in [9.17, 15) is 0 Å². The fourth-order valence-electron chi connectivity index (χ4n) is 9.32. The Morgan fingerprint density at radius 2 is 0.863 bits per heavy atom. The van der Waals surface area contributed by atoms with Crippen LogP contribution in [0.2, 0.25) is 0 Å². The Labute approximate surface area is 300 Å². The Morgan fingerprint density at radius 3 is 1.51 bits per heavy atom. The quantitative estimate of drug-likeness (QED) is 0.189. The summed E-state index contributed by atoms with van der Waals surface area (Å²) in [4.78, 5) is 14.8. The Hall–Kier alpha value is -5.67. The number of fused-ring (bicyclic) bond motifs is 8. The highest BCUT2D eigenvalue weighted by Gasteiger charge is 2.46. The molecule has 0 N–H and O–H groups in total. The zero-order valence-corrected chi connectivity index (χ0v) is 29.2. The van der Waals surface area contributed by atoms with E-state index in [1.54, 1.807) is 11.1 Å². The average Bonchev–Trinajstić information content (AvgIpc) is 3.58. The number of aromatic nitrogens is 3. The van der Waals surface area contributed by atoms with Crippen LogP contribution in [0.1, 0.15) is 68.2 Å². The third-order valence-electron chi connectivity index (χ3n) is 11.9. The van der Waals surface area contributed by atoms with E-state index in [-0.39, 0.29) is 10.8 Å². The predicted octanol–water partition coefficient (Wildman–Crippen LogP) is 12.1. The standard InChI is InChI=1S/C48H39N3/c1-47(2)40-25-24-35(28-37(40)39-30-43-38(29-42(39)47)36-18-10-11-19-41(36)48(43)26-12-5-13-27-48)31-20-22-34(23-21-31)46-50-44(32-14-6-3-7-15-32)49-45(51-46)33-16-8-4-9-17-33/h3-4,6-11,14-25,28-30H,5,12-13,26-27H2,1-2H3. The molecule has 0 aliphatic heterocycles. The molecule has 3 aliphatic carbocycles. The van der Waals surface area contributed by atoms with Gasteiger partial charge in [0.2, 0.25) is 0 Å². The van der Waals surface area contributed by atoms with Crippen molar-refractivity contribution in [2.45, 2.75) is 56.8 Å². The lowest BCUT2D eigenvalue weighted by molar-refractivity contribution is 0.353. The van der Waals surface area contributed by atoms with Crippen molar-refractivity contribution < 1.29 is 0 Å². The minimum absolute atomic E-state index is 0.0645. The first-order chi connectivity index (χ1) is 25.0. The lowest BCUT2D eigenvalue weighted by Gasteiger charge is -2.36. The first-order valence-electron chi connectivity index (χ1n) is 18.4. The molecular formula is C48H39N3. The summed E-state index contributed by atoms with van der Waals surface area (Å²) in [5.74, 6) is 2.02. The Bertz CT molecular complexity index is 2400. The van der Waals surface area contributed by atoms with Crippen molar-refractivity contribution in [3.05, 3.63) is 162 Å². The smallest absolute Gasteiger partial charge is 0.164 e. The van der Waals surface area contributed by atoms with Crippen LogP contribution in [0.4, 0.5) is 0 Å². The largest absolute Gasteiger partial charge is 0.208 e. The maximum atomic E-state index is 4.95. The van der Waals surface area contributed by atoms with Crippen molar-refractivity contribution in [2.24, 2.45) is 0 Å². The van der Waals surface area contributed by atoms with Crippen LogP contribution in [-0.2, 0) is 10.8 Å². The third kappa shape index (κ3) is 4.68. The minimum atomic E-state index is -0.0645.